The van der Waals surface area contributed by atoms with Gasteiger partial charge < -0.3 is 15.8 Å². The van der Waals surface area contributed by atoms with E-state index in [4.69, 9.17) is 5.73 Å². The van der Waals surface area contributed by atoms with Gasteiger partial charge in [-0.15, -0.1) is 0 Å². The molecule has 0 spiro atoms. The van der Waals surface area contributed by atoms with Crippen LogP contribution in [0.2, 0.25) is 0 Å². The third-order valence-corrected chi connectivity index (χ3v) is 2.72. The van der Waals surface area contributed by atoms with E-state index in [2.05, 4.69) is 10.1 Å². The highest BCUT2D eigenvalue weighted by atomic mass is 19.3. The first-order valence-corrected chi connectivity index (χ1v) is 5.98. The van der Waals surface area contributed by atoms with Gasteiger partial charge in [0, 0.05) is 18.7 Å². The van der Waals surface area contributed by atoms with Crippen LogP contribution in [0.4, 0.5) is 28.9 Å². The standard InChI is InChI=1S/C14H12F4N2O/c15-9-3-1-8(2-4-9)7-20-12-6-13(21-14(17)18)10(16)5-11(12)19/h1-6,14,20H,7,19H2. The van der Waals surface area contributed by atoms with Crippen molar-refractivity contribution in [2.75, 3.05) is 11.1 Å². The quantitative estimate of drug-likeness (QED) is 0.653. The van der Waals surface area contributed by atoms with Crippen LogP contribution in [0.15, 0.2) is 36.4 Å². The van der Waals surface area contributed by atoms with Crippen molar-refractivity contribution in [2.45, 2.75) is 13.2 Å². The third-order valence-electron chi connectivity index (χ3n) is 2.72. The number of nitrogens with one attached hydrogen (secondary N) is 1. The number of ether oxygens (including phenoxy) is 1. The van der Waals surface area contributed by atoms with Crippen molar-refractivity contribution >= 4 is 11.4 Å². The summed E-state index contributed by atoms with van der Waals surface area (Å²) in [6, 6.07) is 7.63. The van der Waals surface area contributed by atoms with Gasteiger partial charge in [0.2, 0.25) is 0 Å². The molecule has 0 aromatic heterocycles. The van der Waals surface area contributed by atoms with Crippen molar-refractivity contribution in [1.29, 1.82) is 0 Å². The van der Waals surface area contributed by atoms with E-state index in [9.17, 15) is 17.6 Å². The second kappa shape index (κ2) is 6.34. The maximum absolute atomic E-state index is 13.4. The van der Waals surface area contributed by atoms with E-state index in [0.717, 1.165) is 17.7 Å². The van der Waals surface area contributed by atoms with E-state index in [-0.39, 0.29) is 23.7 Å². The lowest BCUT2D eigenvalue weighted by atomic mass is 10.2. The smallest absolute Gasteiger partial charge is 0.387 e. The van der Waals surface area contributed by atoms with Gasteiger partial charge >= 0.3 is 6.61 Å². The average molecular weight is 300 g/mol. The Hall–Kier alpha value is -2.44. The summed E-state index contributed by atoms with van der Waals surface area (Å²) in [7, 11) is 0. The summed E-state index contributed by atoms with van der Waals surface area (Å²) in [6.07, 6.45) is 0. The molecule has 0 fully saturated rings. The molecule has 0 heterocycles. The summed E-state index contributed by atoms with van der Waals surface area (Å²) in [4.78, 5) is 0. The second-order valence-corrected chi connectivity index (χ2v) is 4.23. The summed E-state index contributed by atoms with van der Waals surface area (Å²) >= 11 is 0. The van der Waals surface area contributed by atoms with Crippen LogP contribution in [0.3, 0.4) is 0 Å². The Morgan fingerprint density at radius 2 is 1.76 bits per heavy atom. The van der Waals surface area contributed by atoms with Gasteiger partial charge in [-0.2, -0.15) is 8.78 Å². The molecule has 0 atom stereocenters. The predicted octanol–water partition coefficient (Wildman–Crippen LogP) is 3.76. The molecular weight excluding hydrogens is 288 g/mol. The first-order valence-electron chi connectivity index (χ1n) is 5.98. The maximum atomic E-state index is 13.4. The maximum Gasteiger partial charge on any atom is 0.387 e. The van der Waals surface area contributed by atoms with Crippen LogP contribution in [0.5, 0.6) is 5.75 Å². The molecule has 2 rings (SSSR count). The summed E-state index contributed by atoms with van der Waals surface area (Å²) in [5.74, 6) is -1.94. The topological polar surface area (TPSA) is 47.3 Å². The largest absolute Gasteiger partial charge is 0.432 e. The van der Waals surface area contributed by atoms with Crippen molar-refractivity contribution in [3.8, 4) is 5.75 Å². The van der Waals surface area contributed by atoms with E-state index >= 15 is 0 Å². The highest BCUT2D eigenvalue weighted by Gasteiger charge is 2.13. The number of hydrogen-bond donors (Lipinski definition) is 2. The molecule has 0 saturated carbocycles. The average Bonchev–Trinajstić information content (AvgIpc) is 2.42. The van der Waals surface area contributed by atoms with Gasteiger partial charge in [0.05, 0.1) is 11.4 Å². The zero-order valence-corrected chi connectivity index (χ0v) is 10.7. The minimum Gasteiger partial charge on any atom is -0.432 e. The molecule has 7 heteroatoms. The monoisotopic (exact) mass is 300 g/mol. The zero-order valence-electron chi connectivity index (χ0n) is 10.7. The minimum absolute atomic E-state index is 0.0521. The lowest BCUT2D eigenvalue weighted by molar-refractivity contribution is -0.0521. The van der Waals surface area contributed by atoms with Gasteiger partial charge in [-0.05, 0) is 17.7 Å². The Bertz CT molecular complexity index is 617. The second-order valence-electron chi connectivity index (χ2n) is 4.23. The van der Waals surface area contributed by atoms with Gasteiger partial charge in [-0.3, -0.25) is 0 Å². The Balaban J connectivity index is 2.13. The number of nitrogens with two attached hydrogens (primary N) is 1. The van der Waals surface area contributed by atoms with Crippen LogP contribution < -0.4 is 15.8 Å². The van der Waals surface area contributed by atoms with Crippen molar-refractivity contribution in [1.82, 2.24) is 0 Å². The normalized spacial score (nSPS) is 10.7. The summed E-state index contributed by atoms with van der Waals surface area (Å²) in [6.45, 7) is -2.86. The zero-order chi connectivity index (χ0) is 15.4. The molecule has 0 bridgehead atoms. The molecule has 0 aliphatic heterocycles. The summed E-state index contributed by atoms with van der Waals surface area (Å²) < 4.78 is 54.5. The van der Waals surface area contributed by atoms with Crippen molar-refractivity contribution in [3.05, 3.63) is 53.6 Å². The van der Waals surface area contributed by atoms with Crippen LogP contribution in [0, 0.1) is 11.6 Å². The molecule has 0 aliphatic carbocycles. The molecule has 21 heavy (non-hydrogen) atoms. The van der Waals surface area contributed by atoms with E-state index in [1.54, 1.807) is 12.1 Å². The molecule has 3 N–H and O–H groups in total. The number of rotatable bonds is 5. The van der Waals surface area contributed by atoms with Crippen LogP contribution >= 0.6 is 0 Å². The van der Waals surface area contributed by atoms with Gasteiger partial charge in [-0.25, -0.2) is 8.78 Å². The van der Waals surface area contributed by atoms with Crippen molar-refractivity contribution in [2.24, 2.45) is 0 Å². The molecule has 0 radical (unpaired) electrons. The van der Waals surface area contributed by atoms with Crippen LogP contribution in [-0.2, 0) is 6.54 Å². The van der Waals surface area contributed by atoms with E-state index in [1.165, 1.54) is 12.1 Å². The molecule has 2 aromatic carbocycles. The summed E-state index contributed by atoms with van der Waals surface area (Å²) in [5, 5.41) is 2.85. The Labute approximate surface area is 118 Å². The number of alkyl halides is 2. The van der Waals surface area contributed by atoms with Gasteiger partial charge in [0.25, 0.3) is 0 Å². The molecule has 0 aliphatic rings. The lowest BCUT2D eigenvalue weighted by Crippen LogP contribution is -2.07. The Kier molecular flexibility index (Phi) is 4.52. The number of anilines is 2. The molecule has 0 saturated heterocycles. The van der Waals surface area contributed by atoms with Gasteiger partial charge in [-0.1, -0.05) is 12.1 Å². The van der Waals surface area contributed by atoms with E-state index in [1.807, 2.05) is 0 Å². The molecule has 112 valence electrons. The fraction of sp³-hybridized carbons (Fsp3) is 0.143. The number of halogens is 4. The van der Waals surface area contributed by atoms with Crippen molar-refractivity contribution in [3.63, 3.8) is 0 Å². The SMILES string of the molecule is Nc1cc(F)c(OC(F)F)cc1NCc1ccc(F)cc1. The lowest BCUT2D eigenvalue weighted by Gasteiger charge is -2.13. The molecule has 0 amide bonds. The van der Waals surface area contributed by atoms with E-state index < -0.39 is 18.2 Å². The predicted molar refractivity (Wildman–Crippen MR) is 71.2 cm³/mol. The third kappa shape index (κ3) is 4.01. The molecule has 2 aromatic rings. The Morgan fingerprint density at radius 3 is 2.38 bits per heavy atom. The van der Waals surface area contributed by atoms with Crippen LogP contribution in [0.25, 0.3) is 0 Å². The molecular formula is C14H12F4N2O. The van der Waals surface area contributed by atoms with Crippen molar-refractivity contribution < 1.29 is 22.3 Å². The van der Waals surface area contributed by atoms with Crippen LogP contribution in [-0.4, -0.2) is 6.61 Å². The number of benzene rings is 2. The van der Waals surface area contributed by atoms with E-state index in [0.29, 0.717) is 0 Å². The first-order chi connectivity index (χ1) is 9.95. The Morgan fingerprint density at radius 1 is 1.10 bits per heavy atom. The summed E-state index contributed by atoms with van der Waals surface area (Å²) in [5.41, 5.74) is 6.65. The van der Waals surface area contributed by atoms with Gasteiger partial charge in [0.1, 0.15) is 5.82 Å². The first kappa shape index (κ1) is 15.0. The fourth-order valence-corrected chi connectivity index (χ4v) is 1.71. The van der Waals surface area contributed by atoms with Crippen LogP contribution in [0.1, 0.15) is 5.56 Å². The number of nitrogen functional groups attached to an aromatic ring is 1. The highest BCUT2D eigenvalue weighted by Crippen LogP contribution is 2.29. The molecule has 3 nitrogen and oxygen atoms in total. The fourth-order valence-electron chi connectivity index (χ4n) is 1.71. The minimum atomic E-state index is -3.13. The van der Waals surface area contributed by atoms with Gasteiger partial charge in [0.15, 0.2) is 11.6 Å². The highest BCUT2D eigenvalue weighted by molar-refractivity contribution is 5.68. The molecule has 0 unspecified atom stereocenters. The number of hydrogen-bond acceptors (Lipinski definition) is 3.